The molecule has 0 saturated heterocycles. The normalized spacial score (nSPS) is 11.3. The fraction of sp³-hybridized carbons (Fsp3) is 0. The highest BCUT2D eigenvalue weighted by atomic mass is 32.1. The van der Waals surface area contributed by atoms with Gasteiger partial charge in [-0.25, -0.2) is 0 Å². The molecule has 0 radical (unpaired) electrons. The van der Waals surface area contributed by atoms with Gasteiger partial charge in [-0.05, 0) is 88.9 Å². The Kier molecular flexibility index (Phi) is 5.35. The largest absolute Gasteiger partial charge is 0.316 e. The van der Waals surface area contributed by atoms with Crippen molar-refractivity contribution in [1.29, 1.82) is 0 Å². The third-order valence-corrected chi connectivity index (χ3v) is 8.97. The van der Waals surface area contributed by atoms with E-state index >= 15 is 0 Å². The van der Waals surface area contributed by atoms with Gasteiger partial charge in [0.05, 0.1) is 31.7 Å². The molecule has 0 atom stereocenters. The SMILES string of the molecule is c1csc(-c2cccn2-c2cc(-n3cccc3-c3cccs3)cc(-n3cccc3-c3cccs3)c2)c1. The van der Waals surface area contributed by atoms with Gasteiger partial charge in [-0.15, -0.1) is 34.0 Å². The Morgan fingerprint density at radius 2 is 0.722 bits per heavy atom. The van der Waals surface area contributed by atoms with Crippen molar-refractivity contribution in [2.75, 3.05) is 0 Å². The minimum atomic E-state index is 1.13. The topological polar surface area (TPSA) is 14.8 Å². The van der Waals surface area contributed by atoms with E-state index in [1.54, 1.807) is 34.0 Å². The van der Waals surface area contributed by atoms with E-state index in [9.17, 15) is 0 Å². The van der Waals surface area contributed by atoms with Gasteiger partial charge < -0.3 is 13.7 Å². The second-order valence-corrected chi connectivity index (χ2v) is 11.3. The summed E-state index contributed by atoms with van der Waals surface area (Å²) in [6.45, 7) is 0. The fourth-order valence-corrected chi connectivity index (χ4v) is 6.93. The van der Waals surface area contributed by atoms with Crippen LogP contribution in [0.4, 0.5) is 0 Å². The molecular weight excluding hydrogens is 499 g/mol. The van der Waals surface area contributed by atoms with Crippen LogP contribution in [0.1, 0.15) is 0 Å². The number of nitrogens with zero attached hydrogens (tertiary/aromatic N) is 3. The zero-order valence-corrected chi connectivity index (χ0v) is 21.6. The molecule has 0 N–H and O–H groups in total. The van der Waals surface area contributed by atoms with Crippen molar-refractivity contribution in [3.8, 4) is 48.8 Å². The van der Waals surface area contributed by atoms with E-state index in [1.165, 1.54) is 31.7 Å². The van der Waals surface area contributed by atoms with Crippen LogP contribution in [-0.2, 0) is 0 Å². The highest BCUT2D eigenvalue weighted by Gasteiger charge is 2.15. The summed E-state index contributed by atoms with van der Waals surface area (Å²) < 4.78 is 6.88. The molecule has 0 aliphatic rings. The monoisotopic (exact) mass is 519 g/mol. The third-order valence-electron chi connectivity index (χ3n) is 6.29. The van der Waals surface area contributed by atoms with E-state index in [1.807, 2.05) is 0 Å². The maximum absolute atomic E-state index is 2.29. The molecule has 0 spiro atoms. The molecule has 0 saturated carbocycles. The standard InChI is InChI=1S/C30H21N3S3/c1-7-25(28-10-4-16-34-28)31(13-1)22-19-23(32-14-2-8-26(32)29-11-5-17-35-29)21-24(20-22)33-15-3-9-27(33)30-12-6-18-36-30/h1-21H. The number of thiophene rings is 3. The summed E-state index contributed by atoms with van der Waals surface area (Å²) in [6.07, 6.45) is 6.47. The zero-order valence-electron chi connectivity index (χ0n) is 19.2. The quantitative estimate of drug-likeness (QED) is 0.208. The molecule has 3 nitrogen and oxygen atoms in total. The molecule has 0 fully saturated rings. The molecule has 1 aromatic carbocycles. The lowest BCUT2D eigenvalue weighted by Crippen LogP contribution is -2.03. The van der Waals surface area contributed by atoms with Gasteiger partial charge in [-0.1, -0.05) is 18.2 Å². The van der Waals surface area contributed by atoms with E-state index in [0.717, 1.165) is 17.1 Å². The molecule has 6 heterocycles. The summed E-state index contributed by atoms with van der Waals surface area (Å²) in [5, 5.41) is 6.40. The lowest BCUT2D eigenvalue weighted by molar-refractivity contribution is 1.02. The van der Waals surface area contributed by atoms with Gasteiger partial charge in [-0.3, -0.25) is 0 Å². The van der Waals surface area contributed by atoms with Crippen LogP contribution in [0.2, 0.25) is 0 Å². The summed E-state index contributed by atoms with van der Waals surface area (Å²) in [5.41, 5.74) is 6.99. The molecule has 7 rings (SSSR count). The first-order chi connectivity index (χ1) is 17.8. The smallest absolute Gasteiger partial charge is 0.0628 e. The van der Waals surface area contributed by atoms with Crippen molar-refractivity contribution in [3.63, 3.8) is 0 Å². The van der Waals surface area contributed by atoms with E-state index in [-0.39, 0.29) is 0 Å². The van der Waals surface area contributed by atoms with Crippen molar-refractivity contribution in [3.05, 3.63) is 126 Å². The van der Waals surface area contributed by atoms with Gasteiger partial charge >= 0.3 is 0 Å². The first-order valence-electron chi connectivity index (χ1n) is 11.6. The van der Waals surface area contributed by atoms with Crippen molar-refractivity contribution < 1.29 is 0 Å². The predicted molar refractivity (Wildman–Crippen MR) is 154 cm³/mol. The van der Waals surface area contributed by atoms with E-state index in [4.69, 9.17) is 0 Å². The average Bonchev–Trinajstić information content (AvgIpc) is 3.76. The van der Waals surface area contributed by atoms with Crippen LogP contribution in [0, 0.1) is 0 Å². The highest BCUT2D eigenvalue weighted by molar-refractivity contribution is 7.14. The maximum Gasteiger partial charge on any atom is 0.0628 e. The molecular formula is C30H21N3S3. The van der Waals surface area contributed by atoms with Crippen molar-refractivity contribution in [2.45, 2.75) is 0 Å². The van der Waals surface area contributed by atoms with E-state index in [0.29, 0.717) is 0 Å². The van der Waals surface area contributed by atoms with Crippen LogP contribution < -0.4 is 0 Å². The van der Waals surface area contributed by atoms with Crippen LogP contribution in [0.5, 0.6) is 0 Å². The molecule has 0 bridgehead atoms. The highest BCUT2D eigenvalue weighted by Crippen LogP contribution is 2.34. The minimum Gasteiger partial charge on any atom is -0.316 e. The predicted octanol–water partition coefficient (Wildman–Crippen LogP) is 9.24. The Morgan fingerprint density at radius 3 is 1.00 bits per heavy atom. The molecule has 6 heteroatoms. The number of hydrogen-bond donors (Lipinski definition) is 0. The Balaban J connectivity index is 1.45. The maximum atomic E-state index is 2.29. The first-order valence-corrected chi connectivity index (χ1v) is 14.3. The van der Waals surface area contributed by atoms with Gasteiger partial charge in [0, 0.05) is 35.7 Å². The van der Waals surface area contributed by atoms with Gasteiger partial charge in [0.1, 0.15) is 0 Å². The molecule has 0 aliphatic carbocycles. The van der Waals surface area contributed by atoms with Crippen molar-refractivity contribution in [1.82, 2.24) is 13.7 Å². The first kappa shape index (κ1) is 21.4. The van der Waals surface area contributed by atoms with Crippen LogP contribution >= 0.6 is 34.0 Å². The second kappa shape index (κ2) is 8.99. The Morgan fingerprint density at radius 1 is 0.389 bits per heavy atom. The lowest BCUT2D eigenvalue weighted by atomic mass is 10.2. The van der Waals surface area contributed by atoms with Crippen LogP contribution in [-0.4, -0.2) is 13.7 Å². The van der Waals surface area contributed by atoms with Crippen LogP contribution in [0.25, 0.3) is 48.8 Å². The Bertz CT molecular complexity index is 1510. The van der Waals surface area contributed by atoms with E-state index in [2.05, 4.69) is 139 Å². The van der Waals surface area contributed by atoms with Crippen LogP contribution in [0.3, 0.4) is 0 Å². The third kappa shape index (κ3) is 3.71. The van der Waals surface area contributed by atoms with Gasteiger partial charge in [0.25, 0.3) is 0 Å². The Labute approximate surface area is 221 Å². The minimum absolute atomic E-state index is 1.13. The molecule has 7 aromatic rings. The van der Waals surface area contributed by atoms with Gasteiger partial charge in [0.15, 0.2) is 0 Å². The number of rotatable bonds is 6. The Hall–Kier alpha value is -3.84. The molecule has 0 amide bonds. The van der Waals surface area contributed by atoms with Crippen LogP contribution in [0.15, 0.2) is 126 Å². The molecule has 174 valence electrons. The van der Waals surface area contributed by atoms with Crippen molar-refractivity contribution >= 4 is 34.0 Å². The molecule has 0 unspecified atom stereocenters. The summed E-state index contributed by atoms with van der Waals surface area (Å²) in [6, 6.07) is 32.7. The summed E-state index contributed by atoms with van der Waals surface area (Å²) in [5.74, 6) is 0. The average molecular weight is 520 g/mol. The lowest BCUT2D eigenvalue weighted by Gasteiger charge is -2.17. The zero-order chi connectivity index (χ0) is 23.9. The number of aromatic nitrogens is 3. The molecule has 0 aliphatic heterocycles. The summed E-state index contributed by atoms with van der Waals surface area (Å²) in [4.78, 5) is 3.77. The van der Waals surface area contributed by atoms with E-state index < -0.39 is 0 Å². The van der Waals surface area contributed by atoms with Gasteiger partial charge in [-0.2, -0.15) is 0 Å². The van der Waals surface area contributed by atoms with Gasteiger partial charge in [0.2, 0.25) is 0 Å². The summed E-state index contributed by atoms with van der Waals surface area (Å²) >= 11 is 5.30. The number of benzene rings is 1. The van der Waals surface area contributed by atoms with Crippen molar-refractivity contribution in [2.24, 2.45) is 0 Å². The second-order valence-electron chi connectivity index (χ2n) is 8.43. The molecule has 6 aromatic heterocycles. The molecule has 36 heavy (non-hydrogen) atoms. The fourth-order valence-electron chi connectivity index (χ4n) is 4.69. The summed E-state index contributed by atoms with van der Waals surface area (Å²) in [7, 11) is 0. The number of hydrogen-bond acceptors (Lipinski definition) is 3.